The number of hydrogen-bond acceptors (Lipinski definition) is 4. The zero-order valence-electron chi connectivity index (χ0n) is 14.4. The molecule has 0 atom stereocenters. The van der Waals surface area contributed by atoms with E-state index in [9.17, 15) is 17.2 Å². The van der Waals surface area contributed by atoms with E-state index in [-0.39, 0.29) is 13.1 Å². The number of piperazine rings is 1. The highest BCUT2D eigenvalue weighted by Gasteiger charge is 2.30. The molecule has 1 heterocycles. The van der Waals surface area contributed by atoms with Crippen LogP contribution in [0.15, 0.2) is 47.4 Å². The van der Waals surface area contributed by atoms with Gasteiger partial charge in [0.25, 0.3) is 0 Å². The van der Waals surface area contributed by atoms with Crippen LogP contribution in [0.5, 0.6) is 5.75 Å². The Balaban J connectivity index is 1.69. The number of benzene rings is 2. The minimum absolute atomic E-state index is 0.229. The molecule has 1 aliphatic rings. The molecule has 5 nitrogen and oxygen atoms in total. The maximum absolute atomic E-state index is 13.9. The molecule has 0 N–H and O–H groups in total. The first-order chi connectivity index (χ1) is 12.4. The Bertz CT molecular complexity index is 865. The minimum Gasteiger partial charge on any atom is -0.494 e. The second-order valence-electron chi connectivity index (χ2n) is 5.89. The lowest BCUT2D eigenvalue weighted by atomic mass is 10.2. The predicted octanol–water partition coefficient (Wildman–Crippen LogP) is 2.87. The molecule has 0 bridgehead atoms. The van der Waals surface area contributed by atoms with Gasteiger partial charge < -0.3 is 9.64 Å². The zero-order chi connectivity index (χ0) is 18.7. The molecule has 0 aromatic heterocycles. The van der Waals surface area contributed by atoms with Gasteiger partial charge in [-0.1, -0.05) is 0 Å². The lowest BCUT2D eigenvalue weighted by molar-refractivity contribution is 0.340. The Kier molecular flexibility index (Phi) is 5.43. The highest BCUT2D eigenvalue weighted by molar-refractivity contribution is 7.89. The normalized spacial score (nSPS) is 15.9. The molecule has 0 aliphatic carbocycles. The van der Waals surface area contributed by atoms with Crippen molar-refractivity contribution in [1.29, 1.82) is 0 Å². The van der Waals surface area contributed by atoms with Gasteiger partial charge in [-0.25, -0.2) is 17.2 Å². The lowest BCUT2D eigenvalue weighted by Crippen LogP contribution is -2.48. The van der Waals surface area contributed by atoms with Crippen LogP contribution in [0.2, 0.25) is 0 Å². The molecule has 0 amide bonds. The van der Waals surface area contributed by atoms with Crippen molar-refractivity contribution < 1.29 is 21.9 Å². The van der Waals surface area contributed by atoms with Crippen molar-refractivity contribution in [2.24, 2.45) is 0 Å². The molecular formula is C18H20F2N2O3S. The summed E-state index contributed by atoms with van der Waals surface area (Å²) in [6.07, 6.45) is 0. The van der Waals surface area contributed by atoms with E-state index < -0.39 is 26.6 Å². The van der Waals surface area contributed by atoms with Crippen molar-refractivity contribution in [3.63, 3.8) is 0 Å². The van der Waals surface area contributed by atoms with Crippen LogP contribution >= 0.6 is 0 Å². The Labute approximate surface area is 151 Å². The van der Waals surface area contributed by atoms with Crippen LogP contribution in [-0.2, 0) is 10.0 Å². The van der Waals surface area contributed by atoms with Crippen molar-refractivity contribution in [3.8, 4) is 5.75 Å². The highest BCUT2D eigenvalue weighted by Crippen LogP contribution is 2.24. The number of hydrogen-bond donors (Lipinski definition) is 0. The summed E-state index contributed by atoms with van der Waals surface area (Å²) in [5, 5.41) is 0. The number of ether oxygens (including phenoxy) is 1. The zero-order valence-corrected chi connectivity index (χ0v) is 15.2. The van der Waals surface area contributed by atoms with Gasteiger partial charge in [0.1, 0.15) is 22.3 Å². The van der Waals surface area contributed by atoms with Crippen LogP contribution in [0.1, 0.15) is 6.92 Å². The highest BCUT2D eigenvalue weighted by atomic mass is 32.2. The van der Waals surface area contributed by atoms with E-state index >= 15 is 0 Å². The van der Waals surface area contributed by atoms with Crippen molar-refractivity contribution in [3.05, 3.63) is 54.1 Å². The maximum atomic E-state index is 13.9. The van der Waals surface area contributed by atoms with Gasteiger partial charge in [0, 0.05) is 37.9 Å². The van der Waals surface area contributed by atoms with Gasteiger partial charge in [-0.05, 0) is 43.3 Å². The molecule has 0 unspecified atom stereocenters. The molecule has 0 saturated carbocycles. The third-order valence-corrected chi connectivity index (χ3v) is 6.20. The van der Waals surface area contributed by atoms with E-state index in [4.69, 9.17) is 4.74 Å². The summed E-state index contributed by atoms with van der Waals surface area (Å²) in [4.78, 5) is 1.57. The SMILES string of the molecule is CCOc1ccc(N2CCN(S(=O)(=O)c3ccc(F)cc3F)CC2)cc1. The smallest absolute Gasteiger partial charge is 0.246 e. The molecule has 1 saturated heterocycles. The molecule has 1 fully saturated rings. The summed E-state index contributed by atoms with van der Waals surface area (Å²) in [6.45, 7) is 3.93. The van der Waals surface area contributed by atoms with Crippen LogP contribution in [-0.4, -0.2) is 45.5 Å². The third-order valence-electron chi connectivity index (χ3n) is 4.26. The first kappa shape index (κ1) is 18.6. The quantitative estimate of drug-likeness (QED) is 0.798. The van der Waals surface area contributed by atoms with Gasteiger partial charge in [-0.15, -0.1) is 0 Å². The van der Waals surface area contributed by atoms with Gasteiger partial charge in [0.15, 0.2) is 0 Å². The van der Waals surface area contributed by atoms with Gasteiger partial charge in [-0.3, -0.25) is 0 Å². The molecular weight excluding hydrogens is 362 g/mol. The van der Waals surface area contributed by atoms with Crippen molar-refractivity contribution >= 4 is 15.7 Å². The number of anilines is 1. The van der Waals surface area contributed by atoms with E-state index in [1.54, 1.807) is 0 Å². The summed E-state index contributed by atoms with van der Waals surface area (Å²) in [6, 6.07) is 10.1. The summed E-state index contributed by atoms with van der Waals surface area (Å²) in [7, 11) is -3.98. The summed E-state index contributed by atoms with van der Waals surface area (Å²) < 4.78 is 58.8. The lowest BCUT2D eigenvalue weighted by Gasteiger charge is -2.35. The fourth-order valence-electron chi connectivity index (χ4n) is 2.93. The molecule has 26 heavy (non-hydrogen) atoms. The molecule has 3 rings (SSSR count). The average Bonchev–Trinajstić information content (AvgIpc) is 2.62. The van der Waals surface area contributed by atoms with Gasteiger partial charge in [0.2, 0.25) is 10.0 Å². The number of halogens is 2. The topological polar surface area (TPSA) is 49.9 Å². The fourth-order valence-corrected chi connectivity index (χ4v) is 4.40. The monoisotopic (exact) mass is 382 g/mol. The summed E-state index contributed by atoms with van der Waals surface area (Å²) in [5.41, 5.74) is 0.971. The molecule has 0 radical (unpaired) electrons. The van der Waals surface area contributed by atoms with Crippen molar-refractivity contribution in [2.75, 3.05) is 37.7 Å². The first-order valence-corrected chi connectivity index (χ1v) is 9.79. The molecule has 140 valence electrons. The maximum Gasteiger partial charge on any atom is 0.246 e. The predicted molar refractivity (Wildman–Crippen MR) is 94.9 cm³/mol. The number of sulfonamides is 1. The molecule has 2 aromatic carbocycles. The van der Waals surface area contributed by atoms with Crippen LogP contribution in [0.3, 0.4) is 0 Å². The number of nitrogens with zero attached hydrogens (tertiary/aromatic N) is 2. The van der Waals surface area contributed by atoms with E-state index in [2.05, 4.69) is 4.90 Å². The molecule has 2 aromatic rings. The second-order valence-corrected chi connectivity index (χ2v) is 7.80. The van der Waals surface area contributed by atoms with Gasteiger partial charge in [-0.2, -0.15) is 4.31 Å². The second kappa shape index (κ2) is 7.59. The third kappa shape index (κ3) is 3.81. The van der Waals surface area contributed by atoms with Crippen LogP contribution in [0.4, 0.5) is 14.5 Å². The van der Waals surface area contributed by atoms with Crippen LogP contribution in [0, 0.1) is 11.6 Å². The molecule has 0 spiro atoms. The standard InChI is InChI=1S/C18H20F2N2O3S/c1-2-25-16-6-4-15(5-7-16)21-9-11-22(12-10-21)26(23,24)18-8-3-14(19)13-17(18)20/h3-8,13H,2,9-12H2,1H3. The van der Waals surface area contributed by atoms with E-state index in [0.29, 0.717) is 25.8 Å². The van der Waals surface area contributed by atoms with Crippen molar-refractivity contribution in [2.45, 2.75) is 11.8 Å². The average molecular weight is 382 g/mol. The van der Waals surface area contributed by atoms with Gasteiger partial charge >= 0.3 is 0 Å². The summed E-state index contributed by atoms with van der Waals surface area (Å²) >= 11 is 0. The van der Waals surface area contributed by atoms with E-state index in [1.165, 1.54) is 4.31 Å². The van der Waals surface area contributed by atoms with E-state index in [1.807, 2.05) is 31.2 Å². The largest absolute Gasteiger partial charge is 0.494 e. The molecule has 1 aliphatic heterocycles. The fraction of sp³-hybridized carbons (Fsp3) is 0.333. The van der Waals surface area contributed by atoms with Crippen LogP contribution < -0.4 is 9.64 Å². The Morgan fingerprint density at radius 2 is 1.65 bits per heavy atom. The van der Waals surface area contributed by atoms with Crippen molar-refractivity contribution in [1.82, 2.24) is 4.31 Å². The Morgan fingerprint density at radius 3 is 2.23 bits per heavy atom. The Hall–Kier alpha value is -2.19. The number of rotatable bonds is 5. The first-order valence-electron chi connectivity index (χ1n) is 8.35. The Morgan fingerprint density at radius 1 is 1.00 bits per heavy atom. The van der Waals surface area contributed by atoms with E-state index in [0.717, 1.165) is 23.6 Å². The summed E-state index contributed by atoms with van der Waals surface area (Å²) in [5.74, 6) is -1.09. The van der Waals surface area contributed by atoms with Crippen LogP contribution in [0.25, 0.3) is 0 Å². The minimum atomic E-state index is -3.98. The molecule has 8 heteroatoms. The van der Waals surface area contributed by atoms with Gasteiger partial charge in [0.05, 0.1) is 6.61 Å².